The molecule has 0 spiro atoms. The summed E-state index contributed by atoms with van der Waals surface area (Å²) in [6, 6.07) is 1.77. The Morgan fingerprint density at radius 1 is 1.36 bits per heavy atom. The highest BCUT2D eigenvalue weighted by atomic mass is 32.1. The van der Waals surface area contributed by atoms with E-state index >= 15 is 0 Å². The molecule has 0 saturated carbocycles. The van der Waals surface area contributed by atoms with E-state index in [0.29, 0.717) is 19.0 Å². The van der Waals surface area contributed by atoms with E-state index in [1.807, 2.05) is 5.38 Å². The van der Waals surface area contributed by atoms with Crippen LogP contribution in [0.5, 0.6) is 0 Å². The van der Waals surface area contributed by atoms with Gasteiger partial charge in [-0.1, -0.05) is 6.92 Å². The van der Waals surface area contributed by atoms with Crippen molar-refractivity contribution < 1.29 is 4.79 Å². The summed E-state index contributed by atoms with van der Waals surface area (Å²) in [5.41, 5.74) is 2.13. The Labute approximate surface area is 134 Å². The molecule has 0 fully saturated rings. The number of nitrogens with one attached hydrogen (secondary N) is 2. The lowest BCUT2D eigenvalue weighted by molar-refractivity contribution is 0.0954. The van der Waals surface area contributed by atoms with Crippen molar-refractivity contribution in [2.24, 2.45) is 5.92 Å². The van der Waals surface area contributed by atoms with Gasteiger partial charge in [-0.2, -0.15) is 0 Å². The molecular weight excluding hydrogens is 296 g/mol. The third-order valence-corrected chi connectivity index (χ3v) is 4.96. The minimum absolute atomic E-state index is 0.0304. The van der Waals surface area contributed by atoms with E-state index in [2.05, 4.69) is 27.5 Å². The van der Waals surface area contributed by atoms with Crippen molar-refractivity contribution in [2.75, 3.05) is 18.4 Å². The van der Waals surface area contributed by atoms with Crippen LogP contribution < -0.4 is 10.6 Å². The molecule has 1 aliphatic rings. The third-order valence-electron chi connectivity index (χ3n) is 3.91. The SMILES string of the molecule is C[C@@H]1CCc2c(C(=O)NCCNc3ncccn3)csc2C1. The van der Waals surface area contributed by atoms with Gasteiger partial charge >= 0.3 is 0 Å². The molecule has 22 heavy (non-hydrogen) atoms. The lowest BCUT2D eigenvalue weighted by Crippen LogP contribution is -2.29. The summed E-state index contributed by atoms with van der Waals surface area (Å²) in [6.45, 7) is 3.44. The zero-order chi connectivity index (χ0) is 15.4. The Morgan fingerprint density at radius 2 is 2.18 bits per heavy atom. The second-order valence-electron chi connectivity index (χ2n) is 5.65. The Kier molecular flexibility index (Phi) is 4.68. The number of carbonyl (C=O) groups excluding carboxylic acids is 1. The molecule has 0 radical (unpaired) electrons. The number of thiophene rings is 1. The molecule has 1 amide bonds. The summed E-state index contributed by atoms with van der Waals surface area (Å²) in [6.07, 6.45) is 6.69. The Hall–Kier alpha value is -1.95. The van der Waals surface area contributed by atoms with E-state index in [-0.39, 0.29) is 5.91 Å². The standard InChI is InChI=1S/C16H20N4OS/c1-11-3-4-12-13(10-22-14(12)9-11)15(21)17-7-8-20-16-18-5-2-6-19-16/h2,5-6,10-11H,3-4,7-9H2,1H3,(H,17,21)(H,18,19,20)/t11-/m1/s1. The van der Waals surface area contributed by atoms with Crippen molar-refractivity contribution >= 4 is 23.2 Å². The zero-order valence-corrected chi connectivity index (χ0v) is 13.4. The van der Waals surface area contributed by atoms with Crippen LogP contribution in [0, 0.1) is 5.92 Å². The fraction of sp³-hybridized carbons (Fsp3) is 0.438. The van der Waals surface area contributed by atoms with Gasteiger partial charge in [-0.25, -0.2) is 9.97 Å². The maximum atomic E-state index is 12.3. The summed E-state index contributed by atoms with van der Waals surface area (Å²) in [5.74, 6) is 1.35. The minimum Gasteiger partial charge on any atom is -0.352 e. The second-order valence-corrected chi connectivity index (χ2v) is 6.62. The molecule has 2 aromatic rings. The van der Waals surface area contributed by atoms with Gasteiger partial charge in [0.1, 0.15) is 0 Å². The molecule has 2 aromatic heterocycles. The van der Waals surface area contributed by atoms with Crippen LogP contribution in [0.3, 0.4) is 0 Å². The lowest BCUT2D eigenvalue weighted by atomic mass is 9.88. The van der Waals surface area contributed by atoms with Crippen LogP contribution in [0.15, 0.2) is 23.8 Å². The van der Waals surface area contributed by atoms with Gasteiger partial charge in [-0.05, 0) is 36.8 Å². The number of nitrogens with zero attached hydrogens (tertiary/aromatic N) is 2. The number of amides is 1. The number of hydrogen-bond donors (Lipinski definition) is 2. The van der Waals surface area contributed by atoms with E-state index in [9.17, 15) is 4.79 Å². The maximum absolute atomic E-state index is 12.3. The summed E-state index contributed by atoms with van der Waals surface area (Å²) >= 11 is 1.72. The van der Waals surface area contributed by atoms with Gasteiger partial charge in [0.05, 0.1) is 5.56 Å². The molecule has 2 heterocycles. The van der Waals surface area contributed by atoms with E-state index in [0.717, 1.165) is 24.3 Å². The van der Waals surface area contributed by atoms with Gasteiger partial charge in [-0.15, -0.1) is 11.3 Å². The van der Waals surface area contributed by atoms with E-state index in [4.69, 9.17) is 0 Å². The zero-order valence-electron chi connectivity index (χ0n) is 12.6. The van der Waals surface area contributed by atoms with Crippen molar-refractivity contribution in [2.45, 2.75) is 26.2 Å². The highest BCUT2D eigenvalue weighted by molar-refractivity contribution is 7.10. The highest BCUT2D eigenvalue weighted by Crippen LogP contribution is 2.32. The van der Waals surface area contributed by atoms with Crippen LogP contribution >= 0.6 is 11.3 Å². The van der Waals surface area contributed by atoms with Crippen LogP contribution in [-0.2, 0) is 12.8 Å². The first-order chi connectivity index (χ1) is 10.7. The van der Waals surface area contributed by atoms with Crippen LogP contribution in [0.25, 0.3) is 0 Å². The molecule has 1 aliphatic carbocycles. The Balaban J connectivity index is 1.50. The molecule has 5 nitrogen and oxygen atoms in total. The topological polar surface area (TPSA) is 66.9 Å². The minimum atomic E-state index is 0.0304. The number of anilines is 1. The predicted molar refractivity (Wildman–Crippen MR) is 88.4 cm³/mol. The fourth-order valence-electron chi connectivity index (χ4n) is 2.70. The van der Waals surface area contributed by atoms with Gasteiger partial charge in [0.2, 0.25) is 5.95 Å². The molecule has 0 aromatic carbocycles. The summed E-state index contributed by atoms with van der Waals surface area (Å²) < 4.78 is 0. The Morgan fingerprint density at radius 3 is 3.00 bits per heavy atom. The molecule has 0 saturated heterocycles. The fourth-order valence-corrected chi connectivity index (χ4v) is 3.95. The van der Waals surface area contributed by atoms with Crippen LogP contribution in [0.4, 0.5) is 5.95 Å². The second kappa shape index (κ2) is 6.87. The van der Waals surface area contributed by atoms with Crippen LogP contribution in [-0.4, -0.2) is 29.0 Å². The molecule has 3 rings (SSSR count). The third kappa shape index (κ3) is 3.44. The quantitative estimate of drug-likeness (QED) is 0.832. The first-order valence-corrected chi connectivity index (χ1v) is 8.50. The number of rotatable bonds is 5. The average molecular weight is 316 g/mol. The molecule has 6 heteroatoms. The van der Waals surface area contributed by atoms with Crippen molar-refractivity contribution in [3.63, 3.8) is 0 Å². The van der Waals surface area contributed by atoms with Crippen LogP contribution in [0.1, 0.15) is 34.1 Å². The molecule has 1 atom stereocenters. The summed E-state index contributed by atoms with van der Waals surface area (Å²) in [7, 11) is 0. The van der Waals surface area contributed by atoms with E-state index in [1.54, 1.807) is 29.8 Å². The normalized spacial score (nSPS) is 16.9. The molecular formula is C16H20N4OS. The van der Waals surface area contributed by atoms with Gasteiger partial charge in [0, 0.05) is 35.7 Å². The number of hydrogen-bond acceptors (Lipinski definition) is 5. The smallest absolute Gasteiger partial charge is 0.252 e. The van der Waals surface area contributed by atoms with Crippen molar-refractivity contribution in [3.8, 4) is 0 Å². The van der Waals surface area contributed by atoms with Crippen molar-refractivity contribution in [3.05, 3.63) is 39.8 Å². The molecule has 0 aliphatic heterocycles. The largest absolute Gasteiger partial charge is 0.352 e. The molecule has 0 unspecified atom stereocenters. The summed E-state index contributed by atoms with van der Waals surface area (Å²) in [5, 5.41) is 8.05. The molecule has 116 valence electrons. The first-order valence-electron chi connectivity index (χ1n) is 7.62. The van der Waals surface area contributed by atoms with E-state index < -0.39 is 0 Å². The van der Waals surface area contributed by atoms with Crippen molar-refractivity contribution in [1.82, 2.24) is 15.3 Å². The van der Waals surface area contributed by atoms with Gasteiger partial charge in [0.15, 0.2) is 0 Å². The monoisotopic (exact) mass is 316 g/mol. The van der Waals surface area contributed by atoms with Crippen molar-refractivity contribution in [1.29, 1.82) is 0 Å². The number of carbonyl (C=O) groups is 1. The van der Waals surface area contributed by atoms with Crippen LogP contribution in [0.2, 0.25) is 0 Å². The molecule has 0 bridgehead atoms. The maximum Gasteiger partial charge on any atom is 0.252 e. The molecule has 2 N–H and O–H groups in total. The highest BCUT2D eigenvalue weighted by Gasteiger charge is 2.22. The van der Waals surface area contributed by atoms with Gasteiger partial charge in [0.25, 0.3) is 5.91 Å². The van der Waals surface area contributed by atoms with Gasteiger partial charge < -0.3 is 10.6 Å². The lowest BCUT2D eigenvalue weighted by Gasteiger charge is -2.18. The van der Waals surface area contributed by atoms with E-state index in [1.165, 1.54) is 16.9 Å². The first kappa shape index (κ1) is 15.0. The average Bonchev–Trinajstić information content (AvgIpc) is 2.95. The summed E-state index contributed by atoms with van der Waals surface area (Å²) in [4.78, 5) is 21.8. The Bertz CT molecular complexity index is 641. The van der Waals surface area contributed by atoms with Gasteiger partial charge in [-0.3, -0.25) is 4.79 Å². The number of aromatic nitrogens is 2. The predicted octanol–water partition coefficient (Wildman–Crippen LogP) is 2.50. The number of fused-ring (bicyclic) bond motifs is 1.